The molecule has 3 aliphatic heterocycles. The highest BCUT2D eigenvalue weighted by Gasteiger charge is 2.51. The molecule has 5 rings (SSSR count). The molecule has 0 bridgehead atoms. The molecule has 1 atom stereocenters. The van der Waals surface area contributed by atoms with Crippen LogP contribution in [-0.4, -0.2) is 66.7 Å². The molecule has 3 heterocycles. The Balaban J connectivity index is 1.44. The number of aliphatic hydroxyl groups is 1. The van der Waals surface area contributed by atoms with Crippen molar-refractivity contribution in [3.8, 4) is 11.1 Å². The van der Waals surface area contributed by atoms with Crippen molar-refractivity contribution >= 4 is 35.0 Å². The van der Waals surface area contributed by atoms with Crippen LogP contribution in [0.2, 0.25) is 5.02 Å². The van der Waals surface area contributed by atoms with Crippen LogP contribution < -0.4 is 15.1 Å². The highest BCUT2D eigenvalue weighted by atomic mass is 35.5. The summed E-state index contributed by atoms with van der Waals surface area (Å²) >= 11 is 6.73. The Morgan fingerprint density at radius 1 is 1.15 bits per heavy atom. The molecule has 3 fully saturated rings. The van der Waals surface area contributed by atoms with E-state index in [0.29, 0.717) is 43.4 Å². The molecule has 1 spiro atoms. The van der Waals surface area contributed by atoms with Gasteiger partial charge in [-0.1, -0.05) is 35.9 Å². The smallest absolute Gasteiger partial charge is 0.325 e. The van der Waals surface area contributed by atoms with Gasteiger partial charge in [-0.05, 0) is 37.1 Å². The van der Waals surface area contributed by atoms with Crippen molar-refractivity contribution in [2.24, 2.45) is 0 Å². The summed E-state index contributed by atoms with van der Waals surface area (Å²) in [6.45, 7) is 4.90. The fourth-order valence-corrected chi connectivity index (χ4v) is 5.14. The molecule has 33 heavy (non-hydrogen) atoms. The van der Waals surface area contributed by atoms with Gasteiger partial charge in [-0.15, -0.1) is 0 Å². The van der Waals surface area contributed by atoms with Crippen molar-refractivity contribution in [3.05, 3.63) is 47.5 Å². The summed E-state index contributed by atoms with van der Waals surface area (Å²) in [6, 6.07) is 13.0. The number of amides is 4. The van der Waals surface area contributed by atoms with E-state index in [-0.39, 0.29) is 17.6 Å². The van der Waals surface area contributed by atoms with Gasteiger partial charge in [0.15, 0.2) is 0 Å². The Bertz CT molecular complexity index is 1070. The van der Waals surface area contributed by atoms with Gasteiger partial charge in [0.25, 0.3) is 0 Å². The number of anilines is 2. The minimum atomic E-state index is -0.839. The molecular weight excluding hydrogens is 444 g/mol. The lowest BCUT2D eigenvalue weighted by atomic mass is 9.87. The second-order valence-electron chi connectivity index (χ2n) is 8.76. The fourth-order valence-electron chi connectivity index (χ4n) is 4.80. The van der Waals surface area contributed by atoms with Crippen LogP contribution in [0.1, 0.15) is 19.8 Å². The summed E-state index contributed by atoms with van der Waals surface area (Å²) in [5.41, 5.74) is 2.84. The first kappa shape index (κ1) is 22.0. The first-order valence-corrected chi connectivity index (χ1v) is 11.6. The number of urea groups is 2. The predicted molar refractivity (Wildman–Crippen MR) is 127 cm³/mol. The molecule has 4 amide bonds. The summed E-state index contributed by atoms with van der Waals surface area (Å²) in [4.78, 5) is 30.8. The van der Waals surface area contributed by atoms with Gasteiger partial charge in [0.2, 0.25) is 0 Å². The van der Waals surface area contributed by atoms with Gasteiger partial charge in [0, 0.05) is 37.3 Å². The Hall–Kier alpha value is -2.81. The molecule has 0 aliphatic carbocycles. The summed E-state index contributed by atoms with van der Waals surface area (Å²) in [5, 5.41) is 12.6. The van der Waals surface area contributed by atoms with Crippen LogP contribution >= 0.6 is 11.6 Å². The van der Waals surface area contributed by atoms with Gasteiger partial charge in [-0.3, -0.25) is 9.80 Å². The lowest BCUT2D eigenvalue weighted by Gasteiger charge is -2.54. The number of hydrogen-bond acceptors (Lipinski definition) is 4. The average molecular weight is 471 g/mol. The van der Waals surface area contributed by atoms with Crippen molar-refractivity contribution in [1.82, 2.24) is 10.2 Å². The number of aliphatic hydroxyl groups excluding tert-OH is 1. The topological polar surface area (TPSA) is 85.3 Å². The van der Waals surface area contributed by atoms with E-state index in [2.05, 4.69) is 5.32 Å². The third-order valence-corrected chi connectivity index (χ3v) is 7.17. The SMILES string of the molecule is CCN1CCC2(COC2)N(c2ccc(-c3cccc(N4CCC(O)NC4=O)c3Cl)cc2)C1=O. The van der Waals surface area contributed by atoms with Gasteiger partial charge in [-0.2, -0.15) is 0 Å². The summed E-state index contributed by atoms with van der Waals surface area (Å²) in [6.07, 6.45) is 0.466. The van der Waals surface area contributed by atoms with E-state index in [4.69, 9.17) is 16.3 Å². The van der Waals surface area contributed by atoms with Crippen LogP contribution in [0.5, 0.6) is 0 Å². The molecule has 8 nitrogen and oxygen atoms in total. The summed E-state index contributed by atoms with van der Waals surface area (Å²) < 4.78 is 5.50. The van der Waals surface area contributed by atoms with Crippen molar-refractivity contribution in [2.75, 3.05) is 42.6 Å². The van der Waals surface area contributed by atoms with Crippen molar-refractivity contribution in [1.29, 1.82) is 0 Å². The van der Waals surface area contributed by atoms with Gasteiger partial charge >= 0.3 is 12.1 Å². The number of halogens is 1. The standard InChI is InChI=1S/C24H27ClN4O4/c1-2-27-13-11-24(14-33-15-24)29(23(27)32)17-8-6-16(7-9-17)18-4-3-5-19(21(18)25)28-12-10-20(30)26-22(28)31/h3-9,20,30H,2,10-15H2,1H3,(H,26,31). The Morgan fingerprint density at radius 2 is 1.91 bits per heavy atom. The molecular formula is C24H27ClN4O4. The zero-order valence-corrected chi connectivity index (χ0v) is 19.2. The zero-order valence-electron chi connectivity index (χ0n) is 18.5. The lowest BCUT2D eigenvalue weighted by Crippen LogP contribution is -2.70. The Morgan fingerprint density at radius 3 is 2.55 bits per heavy atom. The second kappa shape index (κ2) is 8.52. The van der Waals surface area contributed by atoms with Crippen LogP contribution in [0.15, 0.2) is 42.5 Å². The van der Waals surface area contributed by atoms with E-state index >= 15 is 0 Å². The van der Waals surface area contributed by atoms with Crippen LogP contribution in [-0.2, 0) is 4.74 Å². The van der Waals surface area contributed by atoms with E-state index in [1.54, 1.807) is 11.0 Å². The van der Waals surface area contributed by atoms with E-state index in [0.717, 1.165) is 29.8 Å². The molecule has 1 unspecified atom stereocenters. The number of carbonyl (C=O) groups excluding carboxylic acids is 2. The average Bonchev–Trinajstić information content (AvgIpc) is 2.78. The molecule has 0 aromatic heterocycles. The van der Waals surface area contributed by atoms with Crippen LogP contribution in [0.3, 0.4) is 0 Å². The predicted octanol–water partition coefficient (Wildman–Crippen LogP) is 3.67. The fraction of sp³-hybridized carbons (Fsp3) is 0.417. The second-order valence-corrected chi connectivity index (χ2v) is 9.13. The summed E-state index contributed by atoms with van der Waals surface area (Å²) in [5.74, 6) is 0. The third kappa shape index (κ3) is 3.72. The Labute approximate surface area is 197 Å². The maximum atomic E-state index is 13.2. The molecule has 2 N–H and O–H groups in total. The largest absolute Gasteiger partial charge is 0.376 e. The quantitative estimate of drug-likeness (QED) is 0.714. The number of nitrogens with zero attached hydrogens (tertiary/aromatic N) is 3. The molecule has 9 heteroatoms. The highest BCUT2D eigenvalue weighted by molar-refractivity contribution is 6.36. The molecule has 2 aromatic carbocycles. The van der Waals surface area contributed by atoms with E-state index in [9.17, 15) is 14.7 Å². The zero-order chi connectivity index (χ0) is 23.2. The van der Waals surface area contributed by atoms with E-state index in [1.807, 2.05) is 53.1 Å². The highest BCUT2D eigenvalue weighted by Crippen LogP contribution is 2.40. The van der Waals surface area contributed by atoms with Gasteiger partial charge in [0.1, 0.15) is 6.23 Å². The maximum absolute atomic E-state index is 13.2. The maximum Gasteiger partial charge on any atom is 0.325 e. The number of benzene rings is 2. The van der Waals surface area contributed by atoms with Crippen LogP contribution in [0, 0.1) is 0 Å². The number of carbonyl (C=O) groups is 2. The van der Waals surface area contributed by atoms with Crippen LogP contribution in [0.4, 0.5) is 21.0 Å². The minimum absolute atomic E-state index is 0.0122. The van der Waals surface area contributed by atoms with E-state index in [1.165, 1.54) is 0 Å². The molecule has 2 aromatic rings. The normalized spacial score (nSPS) is 22.4. The van der Waals surface area contributed by atoms with Crippen LogP contribution in [0.25, 0.3) is 11.1 Å². The number of nitrogens with one attached hydrogen (secondary N) is 1. The number of hydrogen-bond donors (Lipinski definition) is 2. The lowest BCUT2D eigenvalue weighted by molar-refractivity contribution is -0.0675. The van der Waals surface area contributed by atoms with Gasteiger partial charge in [0.05, 0.1) is 29.5 Å². The monoisotopic (exact) mass is 470 g/mol. The van der Waals surface area contributed by atoms with Crippen molar-refractivity contribution in [2.45, 2.75) is 31.5 Å². The molecule has 3 saturated heterocycles. The molecule has 174 valence electrons. The summed E-state index contributed by atoms with van der Waals surface area (Å²) in [7, 11) is 0. The number of ether oxygens (including phenoxy) is 1. The van der Waals surface area contributed by atoms with Crippen molar-refractivity contribution < 1.29 is 19.4 Å². The first-order chi connectivity index (χ1) is 15.9. The molecule has 3 aliphatic rings. The third-order valence-electron chi connectivity index (χ3n) is 6.77. The minimum Gasteiger partial charge on any atom is -0.376 e. The first-order valence-electron chi connectivity index (χ1n) is 11.3. The number of rotatable bonds is 4. The molecule has 0 radical (unpaired) electrons. The Kier molecular flexibility index (Phi) is 5.68. The van der Waals surface area contributed by atoms with Gasteiger partial charge < -0.3 is 20.1 Å². The van der Waals surface area contributed by atoms with Crippen molar-refractivity contribution in [3.63, 3.8) is 0 Å². The molecule has 0 saturated carbocycles. The van der Waals surface area contributed by atoms with E-state index < -0.39 is 6.23 Å². The van der Waals surface area contributed by atoms with Gasteiger partial charge in [-0.25, -0.2) is 9.59 Å².